The number of nitrogens with zero attached hydrogens (tertiary/aromatic N) is 4. The maximum atomic E-state index is 15.0. The third-order valence-corrected chi connectivity index (χ3v) is 6.28. The Hall–Kier alpha value is -3.67. The highest BCUT2D eigenvalue weighted by molar-refractivity contribution is 5.54. The van der Waals surface area contributed by atoms with Crippen LogP contribution >= 0.6 is 0 Å². The first-order valence-corrected chi connectivity index (χ1v) is 10.7. The van der Waals surface area contributed by atoms with Crippen molar-refractivity contribution in [3.05, 3.63) is 106 Å². The number of piperazine rings is 1. The molecule has 0 aliphatic carbocycles. The topological polar surface area (TPSA) is 34.6 Å². The third-order valence-electron chi connectivity index (χ3n) is 6.28. The lowest BCUT2D eigenvalue weighted by atomic mass is 9.97. The van der Waals surface area contributed by atoms with Gasteiger partial charge in [0.15, 0.2) is 5.69 Å². The SMILES string of the molecule is [C-]#[N+]c1ccc([C@@H](C)N2CCN(c3ccc(C#N)cc3F)[C@H](c3cccc(C)c3)C2)cc1. The Bertz CT molecular complexity index is 1190. The van der Waals surface area contributed by atoms with Crippen LogP contribution in [0.15, 0.2) is 66.7 Å². The summed E-state index contributed by atoms with van der Waals surface area (Å²) in [6.07, 6.45) is 0. The molecule has 32 heavy (non-hydrogen) atoms. The summed E-state index contributed by atoms with van der Waals surface area (Å²) >= 11 is 0. The standard InChI is InChI=1S/C27H25FN4/c1-19-5-4-6-23(15-19)27-18-31(20(2)22-8-10-24(30-3)11-9-22)13-14-32(27)26-12-7-21(17-29)16-25(26)28/h4-12,15-16,20,27H,13-14,18H2,1-2H3/t20-,27+/m1/s1. The number of halogens is 1. The molecular weight excluding hydrogens is 399 g/mol. The molecule has 1 aliphatic rings. The van der Waals surface area contributed by atoms with Gasteiger partial charge in [0, 0.05) is 25.7 Å². The molecular formula is C27H25FN4. The van der Waals surface area contributed by atoms with Crippen molar-refractivity contribution in [2.24, 2.45) is 0 Å². The molecule has 0 N–H and O–H groups in total. The van der Waals surface area contributed by atoms with Crippen molar-refractivity contribution < 1.29 is 4.39 Å². The molecule has 5 heteroatoms. The second kappa shape index (κ2) is 9.22. The highest BCUT2D eigenvalue weighted by Crippen LogP contribution is 2.36. The van der Waals surface area contributed by atoms with E-state index in [1.807, 2.05) is 36.4 Å². The molecule has 160 valence electrons. The minimum absolute atomic E-state index is 0.0175. The van der Waals surface area contributed by atoms with Crippen molar-refractivity contribution >= 4 is 11.4 Å². The lowest BCUT2D eigenvalue weighted by Crippen LogP contribution is -2.49. The molecule has 0 spiro atoms. The second-order valence-electron chi connectivity index (χ2n) is 8.28. The zero-order valence-electron chi connectivity index (χ0n) is 18.3. The first-order chi connectivity index (χ1) is 15.5. The summed E-state index contributed by atoms with van der Waals surface area (Å²) in [6, 6.07) is 23.0. The first-order valence-electron chi connectivity index (χ1n) is 10.7. The lowest BCUT2D eigenvalue weighted by Gasteiger charge is -2.45. The van der Waals surface area contributed by atoms with Crippen LogP contribution in [-0.2, 0) is 0 Å². The predicted octanol–water partition coefficient (Wildman–Crippen LogP) is 6.18. The number of anilines is 1. The van der Waals surface area contributed by atoms with E-state index in [-0.39, 0.29) is 17.9 Å². The fourth-order valence-electron chi connectivity index (χ4n) is 4.45. The van der Waals surface area contributed by atoms with Gasteiger partial charge in [0.25, 0.3) is 0 Å². The molecule has 3 aromatic rings. The highest BCUT2D eigenvalue weighted by Gasteiger charge is 2.32. The number of nitriles is 1. The van der Waals surface area contributed by atoms with Crippen LogP contribution in [0, 0.1) is 30.6 Å². The molecule has 1 heterocycles. The van der Waals surface area contributed by atoms with Crippen LogP contribution in [0.25, 0.3) is 4.85 Å². The summed E-state index contributed by atoms with van der Waals surface area (Å²) in [5, 5.41) is 9.11. The summed E-state index contributed by atoms with van der Waals surface area (Å²) in [7, 11) is 0. The van der Waals surface area contributed by atoms with E-state index in [0.717, 1.165) is 18.7 Å². The zero-order chi connectivity index (χ0) is 22.7. The van der Waals surface area contributed by atoms with Gasteiger partial charge in [0.05, 0.1) is 29.9 Å². The summed E-state index contributed by atoms with van der Waals surface area (Å²) in [5.74, 6) is -0.363. The van der Waals surface area contributed by atoms with Crippen LogP contribution in [0.3, 0.4) is 0 Å². The maximum absolute atomic E-state index is 15.0. The largest absolute Gasteiger partial charge is 0.360 e. The van der Waals surface area contributed by atoms with Crippen molar-refractivity contribution in [3.8, 4) is 6.07 Å². The van der Waals surface area contributed by atoms with Crippen LogP contribution in [0.5, 0.6) is 0 Å². The monoisotopic (exact) mass is 424 g/mol. The number of hydrogen-bond acceptors (Lipinski definition) is 3. The van der Waals surface area contributed by atoms with Gasteiger partial charge < -0.3 is 4.90 Å². The van der Waals surface area contributed by atoms with Gasteiger partial charge in [0.1, 0.15) is 5.82 Å². The maximum Gasteiger partial charge on any atom is 0.187 e. The molecule has 1 saturated heterocycles. The summed E-state index contributed by atoms with van der Waals surface area (Å²) in [6.45, 7) is 13.6. The Morgan fingerprint density at radius 1 is 1.09 bits per heavy atom. The average molecular weight is 425 g/mol. The Morgan fingerprint density at radius 2 is 1.88 bits per heavy atom. The Morgan fingerprint density at radius 3 is 2.53 bits per heavy atom. The zero-order valence-corrected chi connectivity index (χ0v) is 18.3. The van der Waals surface area contributed by atoms with Crippen LogP contribution in [0.4, 0.5) is 15.8 Å². The summed E-state index contributed by atoms with van der Waals surface area (Å²) in [4.78, 5) is 8.02. The smallest absolute Gasteiger partial charge is 0.187 e. The quantitative estimate of drug-likeness (QED) is 0.469. The van der Waals surface area contributed by atoms with E-state index in [1.54, 1.807) is 12.1 Å². The highest BCUT2D eigenvalue weighted by atomic mass is 19.1. The molecule has 2 atom stereocenters. The van der Waals surface area contributed by atoms with Gasteiger partial charge in [-0.2, -0.15) is 5.26 Å². The van der Waals surface area contributed by atoms with E-state index in [9.17, 15) is 4.39 Å². The molecule has 0 bridgehead atoms. The molecule has 0 unspecified atom stereocenters. The van der Waals surface area contributed by atoms with Crippen molar-refractivity contribution in [3.63, 3.8) is 0 Å². The molecule has 3 aromatic carbocycles. The van der Waals surface area contributed by atoms with Gasteiger partial charge in [0.2, 0.25) is 0 Å². The van der Waals surface area contributed by atoms with Gasteiger partial charge in [-0.25, -0.2) is 9.24 Å². The number of rotatable bonds is 4. The van der Waals surface area contributed by atoms with E-state index in [1.165, 1.54) is 17.2 Å². The molecule has 0 amide bonds. The summed E-state index contributed by atoms with van der Waals surface area (Å²) in [5.41, 5.74) is 4.98. The molecule has 4 rings (SSSR count). The van der Waals surface area contributed by atoms with E-state index in [0.29, 0.717) is 23.5 Å². The fraction of sp³-hybridized carbons (Fsp3) is 0.259. The number of benzene rings is 3. The normalized spacial score (nSPS) is 17.4. The van der Waals surface area contributed by atoms with Crippen LogP contribution in [0.2, 0.25) is 0 Å². The Balaban J connectivity index is 1.66. The molecule has 1 fully saturated rings. The molecule has 4 nitrogen and oxygen atoms in total. The minimum Gasteiger partial charge on any atom is -0.360 e. The number of hydrogen-bond donors (Lipinski definition) is 0. The molecule has 0 radical (unpaired) electrons. The fourth-order valence-corrected chi connectivity index (χ4v) is 4.45. The van der Waals surface area contributed by atoms with E-state index >= 15 is 0 Å². The van der Waals surface area contributed by atoms with Crippen LogP contribution in [0.1, 0.15) is 41.3 Å². The average Bonchev–Trinajstić information content (AvgIpc) is 2.83. The number of aryl methyl sites for hydroxylation is 1. The predicted molar refractivity (Wildman–Crippen MR) is 125 cm³/mol. The third kappa shape index (κ3) is 4.35. The van der Waals surface area contributed by atoms with E-state index in [2.05, 4.69) is 46.7 Å². The van der Waals surface area contributed by atoms with Crippen LogP contribution in [-0.4, -0.2) is 24.5 Å². The Kier molecular flexibility index (Phi) is 6.21. The Labute approximate surface area is 189 Å². The molecule has 1 aliphatic heterocycles. The molecule has 0 saturated carbocycles. The van der Waals surface area contributed by atoms with Gasteiger partial charge in [-0.15, -0.1) is 0 Å². The van der Waals surface area contributed by atoms with Gasteiger partial charge in [-0.1, -0.05) is 54.1 Å². The lowest BCUT2D eigenvalue weighted by molar-refractivity contribution is 0.170. The summed E-state index contributed by atoms with van der Waals surface area (Å²) < 4.78 is 15.0. The van der Waals surface area contributed by atoms with Crippen LogP contribution < -0.4 is 4.90 Å². The minimum atomic E-state index is -0.363. The van der Waals surface area contributed by atoms with Gasteiger partial charge >= 0.3 is 0 Å². The van der Waals surface area contributed by atoms with Crippen molar-refractivity contribution in [1.29, 1.82) is 5.26 Å². The van der Waals surface area contributed by atoms with Crippen molar-refractivity contribution in [2.45, 2.75) is 25.9 Å². The second-order valence-corrected chi connectivity index (χ2v) is 8.28. The van der Waals surface area contributed by atoms with Crippen molar-refractivity contribution in [2.75, 3.05) is 24.5 Å². The van der Waals surface area contributed by atoms with Gasteiger partial charge in [-0.3, -0.25) is 4.90 Å². The van der Waals surface area contributed by atoms with Crippen molar-refractivity contribution in [1.82, 2.24) is 4.90 Å². The first kappa shape index (κ1) is 21.6. The molecule has 0 aromatic heterocycles. The van der Waals surface area contributed by atoms with Gasteiger partial charge in [-0.05, 0) is 43.2 Å². The van der Waals surface area contributed by atoms with E-state index < -0.39 is 0 Å². The van der Waals surface area contributed by atoms with E-state index in [4.69, 9.17) is 11.8 Å².